The van der Waals surface area contributed by atoms with Crippen molar-refractivity contribution in [2.75, 3.05) is 7.05 Å². The fourth-order valence-corrected chi connectivity index (χ4v) is 2.08. The van der Waals surface area contributed by atoms with Gasteiger partial charge in [0.25, 0.3) is 0 Å². The van der Waals surface area contributed by atoms with E-state index < -0.39 is 11.6 Å². The average molecular weight is 312 g/mol. The number of hydrogen-bond donors (Lipinski definition) is 1. The van der Waals surface area contributed by atoms with E-state index in [1.165, 1.54) is 12.1 Å². The summed E-state index contributed by atoms with van der Waals surface area (Å²) in [7, 11) is 1.80. The Morgan fingerprint density at radius 2 is 2.00 bits per heavy atom. The first-order valence-corrected chi connectivity index (χ1v) is 6.93. The lowest BCUT2D eigenvalue weighted by Gasteiger charge is -2.13. The number of benzene rings is 2. The van der Waals surface area contributed by atoms with Crippen molar-refractivity contribution in [2.45, 2.75) is 19.6 Å². The van der Waals surface area contributed by atoms with Crippen LogP contribution in [-0.2, 0) is 6.61 Å². The van der Waals surface area contributed by atoms with Crippen LogP contribution >= 0.6 is 11.6 Å². The van der Waals surface area contributed by atoms with Crippen LogP contribution in [0, 0.1) is 11.6 Å². The molecule has 0 saturated carbocycles. The zero-order chi connectivity index (χ0) is 15.4. The van der Waals surface area contributed by atoms with E-state index in [2.05, 4.69) is 5.32 Å². The molecule has 5 heteroatoms. The van der Waals surface area contributed by atoms with E-state index in [0.29, 0.717) is 0 Å². The van der Waals surface area contributed by atoms with E-state index in [0.717, 1.165) is 5.56 Å². The van der Waals surface area contributed by atoms with Crippen molar-refractivity contribution in [3.05, 3.63) is 64.2 Å². The number of rotatable bonds is 5. The number of hydrogen-bond acceptors (Lipinski definition) is 2. The Morgan fingerprint density at radius 1 is 1.24 bits per heavy atom. The number of halogens is 3. The maximum atomic E-state index is 14.0. The fraction of sp³-hybridized carbons (Fsp3) is 0.250. The molecule has 0 aliphatic rings. The van der Waals surface area contributed by atoms with Crippen molar-refractivity contribution < 1.29 is 13.5 Å². The van der Waals surface area contributed by atoms with Crippen molar-refractivity contribution in [2.24, 2.45) is 0 Å². The summed E-state index contributed by atoms with van der Waals surface area (Å²) in [5.41, 5.74) is 1.10. The van der Waals surface area contributed by atoms with E-state index in [1.54, 1.807) is 31.3 Å². The Kier molecular flexibility index (Phi) is 5.15. The Balaban J connectivity index is 2.12. The molecule has 0 saturated heterocycles. The van der Waals surface area contributed by atoms with E-state index in [9.17, 15) is 8.78 Å². The molecule has 0 amide bonds. The Hall–Kier alpha value is -1.65. The van der Waals surface area contributed by atoms with Gasteiger partial charge in [-0.25, -0.2) is 8.78 Å². The molecule has 1 N–H and O–H groups in total. The molecule has 2 rings (SSSR count). The van der Waals surface area contributed by atoms with Crippen molar-refractivity contribution >= 4 is 11.6 Å². The van der Waals surface area contributed by atoms with Gasteiger partial charge in [0.15, 0.2) is 11.6 Å². The second-order valence-electron chi connectivity index (χ2n) is 4.70. The van der Waals surface area contributed by atoms with Gasteiger partial charge in [-0.1, -0.05) is 29.8 Å². The van der Waals surface area contributed by atoms with Gasteiger partial charge in [0.2, 0.25) is 0 Å². The molecule has 1 unspecified atom stereocenters. The second-order valence-corrected chi connectivity index (χ2v) is 5.11. The standard InChI is InChI=1S/C16H16ClF2NO/c1-10(20-2)11-6-7-15(14(18)8-11)21-9-12-4-3-5-13(17)16(12)19/h3-8,10,20H,9H2,1-2H3. The van der Waals surface area contributed by atoms with Crippen LogP contribution in [0.25, 0.3) is 0 Å². The van der Waals surface area contributed by atoms with Crippen molar-refractivity contribution in [3.63, 3.8) is 0 Å². The molecule has 0 bridgehead atoms. The summed E-state index contributed by atoms with van der Waals surface area (Å²) in [5, 5.41) is 3.05. The smallest absolute Gasteiger partial charge is 0.165 e. The minimum absolute atomic E-state index is 0.0229. The highest BCUT2D eigenvalue weighted by molar-refractivity contribution is 6.30. The lowest BCUT2D eigenvalue weighted by atomic mass is 10.1. The van der Waals surface area contributed by atoms with Gasteiger partial charge in [-0.05, 0) is 37.7 Å². The zero-order valence-electron chi connectivity index (χ0n) is 11.8. The predicted molar refractivity (Wildman–Crippen MR) is 79.6 cm³/mol. The maximum Gasteiger partial charge on any atom is 0.165 e. The Labute approximate surface area is 127 Å². The molecule has 1 atom stereocenters. The zero-order valence-corrected chi connectivity index (χ0v) is 12.5. The molecule has 0 spiro atoms. The van der Waals surface area contributed by atoms with Gasteiger partial charge in [0.05, 0.1) is 5.02 Å². The summed E-state index contributed by atoms with van der Waals surface area (Å²) < 4.78 is 33.0. The molecule has 0 aromatic heterocycles. The monoisotopic (exact) mass is 311 g/mol. The van der Waals surface area contributed by atoms with Gasteiger partial charge < -0.3 is 10.1 Å². The molecule has 0 aliphatic carbocycles. The summed E-state index contributed by atoms with van der Waals surface area (Å²) in [4.78, 5) is 0. The Bertz CT molecular complexity index is 634. The van der Waals surface area contributed by atoms with Gasteiger partial charge in [0.1, 0.15) is 12.4 Å². The summed E-state index contributed by atoms with van der Waals surface area (Å²) in [6, 6.07) is 9.39. The summed E-state index contributed by atoms with van der Waals surface area (Å²) in [6.45, 7) is 1.85. The minimum atomic E-state index is -0.542. The molecule has 2 nitrogen and oxygen atoms in total. The molecule has 112 valence electrons. The molecule has 0 heterocycles. The van der Waals surface area contributed by atoms with E-state index in [1.807, 2.05) is 6.92 Å². The van der Waals surface area contributed by atoms with Gasteiger partial charge in [-0.2, -0.15) is 0 Å². The molecule has 2 aromatic carbocycles. The summed E-state index contributed by atoms with van der Waals surface area (Å²) in [5.74, 6) is -0.932. The highest BCUT2D eigenvalue weighted by Crippen LogP contribution is 2.24. The molecular weight excluding hydrogens is 296 g/mol. The van der Waals surface area contributed by atoms with E-state index in [4.69, 9.17) is 16.3 Å². The van der Waals surface area contributed by atoms with Gasteiger partial charge >= 0.3 is 0 Å². The third-order valence-corrected chi connectivity index (χ3v) is 3.60. The normalized spacial score (nSPS) is 12.2. The summed E-state index contributed by atoms with van der Waals surface area (Å²) >= 11 is 5.69. The highest BCUT2D eigenvalue weighted by atomic mass is 35.5. The molecular formula is C16H16ClF2NO. The average Bonchev–Trinajstić information content (AvgIpc) is 2.49. The third kappa shape index (κ3) is 3.71. The summed E-state index contributed by atoms with van der Waals surface area (Å²) in [6.07, 6.45) is 0. The predicted octanol–water partition coefficient (Wildman–Crippen LogP) is 4.48. The van der Waals surface area contributed by atoms with E-state index >= 15 is 0 Å². The lowest BCUT2D eigenvalue weighted by molar-refractivity contribution is 0.284. The first kappa shape index (κ1) is 15.7. The third-order valence-electron chi connectivity index (χ3n) is 3.30. The van der Waals surface area contributed by atoms with E-state index in [-0.39, 0.29) is 29.0 Å². The molecule has 0 fully saturated rings. The van der Waals surface area contributed by atoms with Crippen molar-refractivity contribution in [1.29, 1.82) is 0 Å². The first-order chi connectivity index (χ1) is 10.0. The van der Waals surface area contributed by atoms with Crippen molar-refractivity contribution in [3.8, 4) is 5.75 Å². The topological polar surface area (TPSA) is 21.3 Å². The largest absolute Gasteiger partial charge is 0.486 e. The van der Waals surface area contributed by atoms with Gasteiger partial charge in [0, 0.05) is 11.6 Å². The maximum absolute atomic E-state index is 14.0. The lowest BCUT2D eigenvalue weighted by Crippen LogP contribution is -2.12. The molecule has 0 radical (unpaired) electrons. The molecule has 0 aliphatic heterocycles. The molecule has 21 heavy (non-hydrogen) atoms. The quantitative estimate of drug-likeness (QED) is 0.879. The van der Waals surface area contributed by atoms with Crippen LogP contribution in [0.5, 0.6) is 5.75 Å². The highest BCUT2D eigenvalue weighted by Gasteiger charge is 2.11. The van der Waals surface area contributed by atoms with Crippen LogP contribution < -0.4 is 10.1 Å². The van der Waals surface area contributed by atoms with Gasteiger partial charge in [-0.3, -0.25) is 0 Å². The molecule has 2 aromatic rings. The van der Waals surface area contributed by atoms with Crippen LogP contribution in [0.3, 0.4) is 0 Å². The second kappa shape index (κ2) is 6.87. The SMILES string of the molecule is CNC(C)c1ccc(OCc2cccc(Cl)c2F)c(F)c1. The van der Waals surface area contributed by atoms with Crippen LogP contribution in [0.4, 0.5) is 8.78 Å². The van der Waals surface area contributed by atoms with Crippen LogP contribution in [0.15, 0.2) is 36.4 Å². The number of nitrogens with one attached hydrogen (secondary N) is 1. The fourth-order valence-electron chi connectivity index (χ4n) is 1.89. The minimum Gasteiger partial charge on any atom is -0.486 e. The van der Waals surface area contributed by atoms with Crippen LogP contribution in [0.2, 0.25) is 5.02 Å². The first-order valence-electron chi connectivity index (χ1n) is 6.55. The Morgan fingerprint density at radius 3 is 2.67 bits per heavy atom. The van der Waals surface area contributed by atoms with Crippen molar-refractivity contribution in [1.82, 2.24) is 5.32 Å². The number of ether oxygens (including phenoxy) is 1. The van der Waals surface area contributed by atoms with Crippen LogP contribution in [-0.4, -0.2) is 7.05 Å². The van der Waals surface area contributed by atoms with Crippen LogP contribution in [0.1, 0.15) is 24.1 Å². The van der Waals surface area contributed by atoms with Gasteiger partial charge in [-0.15, -0.1) is 0 Å².